The summed E-state index contributed by atoms with van der Waals surface area (Å²) in [6, 6.07) is 20.7. The molecule has 204 valence electrons. The van der Waals surface area contributed by atoms with Gasteiger partial charge in [-0.25, -0.2) is 18.4 Å². The van der Waals surface area contributed by atoms with Crippen molar-refractivity contribution in [2.45, 2.75) is 37.6 Å². The van der Waals surface area contributed by atoms with Gasteiger partial charge < -0.3 is 20.5 Å². The zero-order chi connectivity index (χ0) is 28.0. The molecule has 0 heterocycles. The fraction of sp³-hybridized carbons (Fsp3) is 0.259. The van der Waals surface area contributed by atoms with E-state index in [1.54, 1.807) is 30.3 Å². The van der Waals surface area contributed by atoms with Crippen LogP contribution in [0.25, 0.3) is 0 Å². The highest BCUT2D eigenvalue weighted by Crippen LogP contribution is 2.37. The molecule has 0 aliphatic rings. The average Bonchev–Trinajstić information content (AvgIpc) is 2.89. The predicted molar refractivity (Wildman–Crippen MR) is 148 cm³/mol. The van der Waals surface area contributed by atoms with Gasteiger partial charge in [-0.1, -0.05) is 61.9 Å². The Morgan fingerprint density at radius 2 is 1.66 bits per heavy atom. The third kappa shape index (κ3) is 10.4. The Labute approximate surface area is 228 Å². The van der Waals surface area contributed by atoms with Crippen molar-refractivity contribution < 1.29 is 27.9 Å². The standard InChI is InChI=1S/C17H20N2O5S.C10H12ClNO/c1-2-3-9-19-14-10-12(17(20)21)11-15(25(18,22)23)16(14)24-13-7-5-4-6-8-13;11-7-6-10(13)12-8-9-4-2-1-3-5-9/h4-8,10-11,19H,2-3,9H2,1H3,(H,20,21)(H2,18,22,23);1-5H,6-8H2,(H,12,13). The molecule has 0 aliphatic heterocycles. The van der Waals surface area contributed by atoms with E-state index in [1.165, 1.54) is 6.07 Å². The van der Waals surface area contributed by atoms with Crippen LogP contribution in [0.2, 0.25) is 0 Å². The number of carboxylic acid groups (broad SMARTS) is 1. The number of primary sulfonamides is 1. The molecule has 0 atom stereocenters. The molecule has 0 saturated heterocycles. The fourth-order valence-electron chi connectivity index (χ4n) is 3.15. The second kappa shape index (κ2) is 15.6. The predicted octanol–water partition coefficient (Wildman–Crippen LogP) is 4.97. The van der Waals surface area contributed by atoms with Gasteiger partial charge >= 0.3 is 5.97 Å². The maximum Gasteiger partial charge on any atom is 0.335 e. The van der Waals surface area contributed by atoms with E-state index in [2.05, 4.69) is 10.6 Å². The van der Waals surface area contributed by atoms with Crippen LogP contribution in [0.15, 0.2) is 77.7 Å². The van der Waals surface area contributed by atoms with E-state index < -0.39 is 16.0 Å². The van der Waals surface area contributed by atoms with E-state index in [1.807, 2.05) is 37.3 Å². The molecule has 0 radical (unpaired) electrons. The first-order valence-electron chi connectivity index (χ1n) is 11.9. The summed E-state index contributed by atoms with van der Waals surface area (Å²) in [7, 11) is -4.19. The number of amides is 1. The Hall–Kier alpha value is -3.60. The molecule has 0 aliphatic carbocycles. The van der Waals surface area contributed by atoms with Gasteiger partial charge in [0, 0.05) is 25.4 Å². The summed E-state index contributed by atoms with van der Waals surface area (Å²) in [4.78, 5) is 22.0. The molecular weight excluding hydrogens is 530 g/mol. The number of nitrogens with one attached hydrogen (secondary N) is 2. The van der Waals surface area contributed by atoms with Gasteiger partial charge in [0.15, 0.2) is 5.75 Å². The third-order valence-corrected chi connectivity index (χ3v) is 6.18. The first-order chi connectivity index (χ1) is 18.2. The number of nitrogens with two attached hydrogens (primary N) is 1. The van der Waals surface area contributed by atoms with Crippen molar-refractivity contribution in [1.82, 2.24) is 5.32 Å². The summed E-state index contributed by atoms with van der Waals surface area (Å²) in [6.45, 7) is 3.12. The first kappa shape index (κ1) is 30.6. The Balaban J connectivity index is 0.000000328. The van der Waals surface area contributed by atoms with E-state index in [0.717, 1.165) is 24.5 Å². The van der Waals surface area contributed by atoms with Gasteiger partial charge in [0.05, 0.1) is 11.3 Å². The number of sulfonamides is 1. The minimum atomic E-state index is -4.19. The van der Waals surface area contributed by atoms with Gasteiger partial charge in [-0.3, -0.25) is 4.79 Å². The summed E-state index contributed by atoms with van der Waals surface area (Å²) in [5.74, 6) is -0.488. The zero-order valence-electron chi connectivity index (χ0n) is 21.0. The Bertz CT molecular complexity index is 1290. The van der Waals surface area contributed by atoms with Gasteiger partial charge in [0.25, 0.3) is 0 Å². The SMILES string of the molecule is CCCCNc1cc(C(=O)O)cc(S(N)(=O)=O)c1Oc1ccccc1.O=C(CCCl)NCc1ccccc1. The van der Waals surface area contributed by atoms with Gasteiger partial charge in [0.1, 0.15) is 10.6 Å². The number of anilines is 1. The maximum absolute atomic E-state index is 12.0. The highest BCUT2D eigenvalue weighted by Gasteiger charge is 2.23. The van der Waals surface area contributed by atoms with E-state index in [4.69, 9.17) is 21.5 Å². The smallest absolute Gasteiger partial charge is 0.335 e. The molecule has 11 heteroatoms. The van der Waals surface area contributed by atoms with Crippen LogP contribution in [0, 0.1) is 0 Å². The molecule has 0 spiro atoms. The van der Waals surface area contributed by atoms with Crippen molar-refractivity contribution in [3.63, 3.8) is 0 Å². The van der Waals surface area contributed by atoms with Crippen molar-refractivity contribution in [3.8, 4) is 11.5 Å². The molecule has 0 unspecified atom stereocenters. The normalized spacial score (nSPS) is 10.6. The number of benzene rings is 3. The quantitative estimate of drug-likeness (QED) is 0.180. The van der Waals surface area contributed by atoms with E-state index >= 15 is 0 Å². The highest BCUT2D eigenvalue weighted by atomic mass is 35.5. The Morgan fingerprint density at radius 3 is 2.21 bits per heavy atom. The fourth-order valence-corrected chi connectivity index (χ4v) is 4.02. The zero-order valence-corrected chi connectivity index (χ0v) is 22.6. The second-order valence-corrected chi connectivity index (χ2v) is 10.0. The van der Waals surface area contributed by atoms with E-state index in [9.17, 15) is 23.1 Å². The molecule has 1 amide bonds. The molecular formula is C27H32ClN3O6S. The van der Waals surface area contributed by atoms with Crippen LogP contribution in [0.4, 0.5) is 5.69 Å². The number of carboxylic acids is 1. The monoisotopic (exact) mass is 561 g/mol. The van der Waals surface area contributed by atoms with Crippen LogP contribution in [0.5, 0.6) is 11.5 Å². The molecule has 0 fully saturated rings. The van der Waals surface area contributed by atoms with Crippen LogP contribution in [0.1, 0.15) is 42.1 Å². The minimum absolute atomic E-state index is 0.00106. The molecule has 38 heavy (non-hydrogen) atoms. The molecule has 0 aromatic heterocycles. The molecule has 0 saturated carbocycles. The molecule has 9 nitrogen and oxygen atoms in total. The number of carbonyl (C=O) groups excluding carboxylic acids is 1. The second-order valence-electron chi connectivity index (χ2n) is 8.10. The molecule has 0 bridgehead atoms. The summed E-state index contributed by atoms with van der Waals surface area (Å²) in [5.41, 5.74) is 1.18. The third-order valence-electron chi connectivity index (χ3n) is 5.07. The number of hydrogen-bond donors (Lipinski definition) is 4. The number of unbranched alkanes of at least 4 members (excludes halogenated alkanes) is 1. The number of rotatable bonds is 12. The number of carbonyl (C=O) groups is 2. The summed E-state index contributed by atoms with van der Waals surface area (Å²) >= 11 is 5.42. The number of para-hydroxylation sites is 1. The van der Waals surface area contributed by atoms with Crippen LogP contribution >= 0.6 is 11.6 Å². The van der Waals surface area contributed by atoms with E-state index in [0.29, 0.717) is 31.1 Å². The summed E-state index contributed by atoms with van der Waals surface area (Å²) in [6.07, 6.45) is 2.13. The van der Waals surface area contributed by atoms with Crippen LogP contribution < -0.4 is 20.5 Å². The lowest BCUT2D eigenvalue weighted by Crippen LogP contribution is -2.22. The summed E-state index contributed by atoms with van der Waals surface area (Å²) in [5, 5.41) is 20.3. The molecule has 3 rings (SSSR count). The van der Waals surface area contributed by atoms with Crippen molar-refractivity contribution >= 4 is 39.2 Å². The number of alkyl halides is 1. The van der Waals surface area contributed by atoms with Crippen LogP contribution in [-0.4, -0.2) is 37.8 Å². The van der Waals surface area contributed by atoms with Gasteiger partial charge in [0.2, 0.25) is 15.9 Å². The Morgan fingerprint density at radius 1 is 1.03 bits per heavy atom. The van der Waals surface area contributed by atoms with Crippen molar-refractivity contribution in [3.05, 3.63) is 83.9 Å². The molecule has 3 aromatic rings. The number of ether oxygens (including phenoxy) is 1. The summed E-state index contributed by atoms with van der Waals surface area (Å²) < 4.78 is 29.7. The molecule has 3 aromatic carbocycles. The number of halogens is 1. The maximum atomic E-state index is 12.0. The van der Waals surface area contributed by atoms with Crippen LogP contribution in [-0.2, 0) is 21.4 Å². The van der Waals surface area contributed by atoms with Crippen molar-refractivity contribution in [1.29, 1.82) is 0 Å². The van der Waals surface area contributed by atoms with E-state index in [-0.39, 0.29) is 27.8 Å². The lowest BCUT2D eigenvalue weighted by atomic mass is 10.1. The van der Waals surface area contributed by atoms with Crippen molar-refractivity contribution in [2.24, 2.45) is 5.14 Å². The van der Waals surface area contributed by atoms with Gasteiger partial charge in [-0.2, -0.15) is 0 Å². The lowest BCUT2D eigenvalue weighted by Gasteiger charge is -2.17. The molecule has 5 N–H and O–H groups in total. The lowest BCUT2D eigenvalue weighted by molar-refractivity contribution is -0.120. The first-order valence-corrected chi connectivity index (χ1v) is 14.0. The van der Waals surface area contributed by atoms with Crippen LogP contribution in [0.3, 0.4) is 0 Å². The van der Waals surface area contributed by atoms with Crippen molar-refractivity contribution in [2.75, 3.05) is 17.7 Å². The van der Waals surface area contributed by atoms with Gasteiger partial charge in [-0.05, 0) is 36.2 Å². The minimum Gasteiger partial charge on any atom is -0.478 e. The number of aromatic carboxylic acids is 1. The Kier molecular flexibility index (Phi) is 12.6. The number of hydrogen-bond acceptors (Lipinski definition) is 6. The average molecular weight is 562 g/mol. The topological polar surface area (TPSA) is 148 Å². The van der Waals surface area contributed by atoms with Gasteiger partial charge in [-0.15, -0.1) is 11.6 Å². The largest absolute Gasteiger partial charge is 0.478 e. The highest BCUT2D eigenvalue weighted by molar-refractivity contribution is 7.89.